The molecular formula is C39H43N3O6S. The first kappa shape index (κ1) is 35.5. The number of amides is 2. The van der Waals surface area contributed by atoms with Crippen LogP contribution >= 0.6 is 11.3 Å². The van der Waals surface area contributed by atoms with E-state index < -0.39 is 11.9 Å². The van der Waals surface area contributed by atoms with Gasteiger partial charge in [0, 0.05) is 28.7 Å². The van der Waals surface area contributed by atoms with Crippen molar-refractivity contribution in [3.05, 3.63) is 117 Å². The van der Waals surface area contributed by atoms with Crippen molar-refractivity contribution in [2.75, 3.05) is 17.2 Å². The van der Waals surface area contributed by atoms with E-state index >= 15 is 0 Å². The number of hydrogen-bond donors (Lipinski definition) is 4. The van der Waals surface area contributed by atoms with Crippen LogP contribution in [0.1, 0.15) is 97.7 Å². The molecule has 3 aromatic carbocycles. The first-order chi connectivity index (χ1) is 23.6. The summed E-state index contributed by atoms with van der Waals surface area (Å²) in [6.07, 6.45) is 6.86. The predicted molar refractivity (Wildman–Crippen MR) is 193 cm³/mol. The maximum atomic E-state index is 13.8. The van der Waals surface area contributed by atoms with Gasteiger partial charge in [-0.25, -0.2) is 4.79 Å². The van der Waals surface area contributed by atoms with E-state index in [0.29, 0.717) is 28.4 Å². The fraction of sp³-hybridized carbons (Fsp3) is 0.333. The maximum Gasteiger partial charge on any atom is 0.335 e. The quantitative estimate of drug-likeness (QED) is 0.101. The molecule has 4 N–H and O–H groups in total. The second kappa shape index (κ2) is 16.5. The van der Waals surface area contributed by atoms with Gasteiger partial charge in [-0.3, -0.25) is 19.3 Å². The third-order valence-corrected chi connectivity index (χ3v) is 10.3. The fourth-order valence-electron chi connectivity index (χ4n) is 6.46. The summed E-state index contributed by atoms with van der Waals surface area (Å²) >= 11 is 1.47. The Kier molecular flexibility index (Phi) is 12.0. The minimum atomic E-state index is -0.942. The molecule has 1 aliphatic carbocycles. The number of thiophene rings is 1. The third kappa shape index (κ3) is 9.22. The Morgan fingerprint density at radius 3 is 2.06 bits per heavy atom. The highest BCUT2D eigenvalue weighted by atomic mass is 32.1. The van der Waals surface area contributed by atoms with Gasteiger partial charge in [-0.1, -0.05) is 50.2 Å². The predicted octanol–water partition coefficient (Wildman–Crippen LogP) is 7.69. The van der Waals surface area contributed by atoms with Crippen molar-refractivity contribution in [2.45, 2.75) is 77.8 Å². The monoisotopic (exact) mass is 681 g/mol. The number of carboxylic acid groups (broad SMARTS) is 2. The van der Waals surface area contributed by atoms with Crippen LogP contribution in [0.4, 0.5) is 10.7 Å². The molecular weight excluding hydrogens is 639 g/mol. The Balaban J connectivity index is 1.28. The van der Waals surface area contributed by atoms with E-state index in [1.165, 1.54) is 11.3 Å². The molecule has 4 aromatic rings. The Bertz CT molecular complexity index is 1790. The van der Waals surface area contributed by atoms with Crippen molar-refractivity contribution < 1.29 is 29.4 Å². The van der Waals surface area contributed by atoms with E-state index in [2.05, 4.69) is 10.6 Å². The Morgan fingerprint density at radius 2 is 1.43 bits per heavy atom. The van der Waals surface area contributed by atoms with Crippen LogP contribution in [0.3, 0.4) is 0 Å². The zero-order valence-corrected chi connectivity index (χ0v) is 28.8. The number of carbonyl (C=O) groups is 4. The smallest absolute Gasteiger partial charge is 0.335 e. The molecule has 0 saturated heterocycles. The highest BCUT2D eigenvalue weighted by Gasteiger charge is 2.27. The number of aromatic carboxylic acids is 1. The van der Waals surface area contributed by atoms with Crippen LogP contribution in [0.5, 0.6) is 0 Å². The van der Waals surface area contributed by atoms with Crippen LogP contribution in [0.25, 0.3) is 0 Å². The average molecular weight is 682 g/mol. The van der Waals surface area contributed by atoms with E-state index in [1.54, 1.807) is 24.3 Å². The molecule has 10 heteroatoms. The zero-order valence-electron chi connectivity index (χ0n) is 28.0. The van der Waals surface area contributed by atoms with Gasteiger partial charge in [-0.15, -0.1) is 11.3 Å². The van der Waals surface area contributed by atoms with E-state index in [9.17, 15) is 24.3 Å². The number of benzene rings is 3. The lowest BCUT2D eigenvalue weighted by Gasteiger charge is -2.29. The third-order valence-electron chi connectivity index (χ3n) is 9.11. The zero-order chi connectivity index (χ0) is 34.9. The minimum absolute atomic E-state index is 0.0741. The maximum absolute atomic E-state index is 13.8. The number of carbonyl (C=O) groups excluding carboxylic acids is 2. The number of nitrogens with one attached hydrogen (secondary N) is 2. The van der Waals surface area contributed by atoms with Crippen molar-refractivity contribution in [1.82, 2.24) is 4.90 Å². The molecule has 0 fully saturated rings. The summed E-state index contributed by atoms with van der Waals surface area (Å²) in [6.45, 7) is 4.44. The van der Waals surface area contributed by atoms with Crippen molar-refractivity contribution in [3.63, 3.8) is 0 Å². The van der Waals surface area contributed by atoms with Crippen LogP contribution in [-0.2, 0) is 37.0 Å². The molecule has 0 atom stereocenters. The fourth-order valence-corrected chi connectivity index (χ4v) is 7.74. The van der Waals surface area contributed by atoms with Gasteiger partial charge in [0.15, 0.2) is 0 Å². The molecule has 1 aliphatic rings. The topological polar surface area (TPSA) is 136 Å². The molecule has 256 valence electrons. The summed E-state index contributed by atoms with van der Waals surface area (Å²) < 4.78 is 0. The summed E-state index contributed by atoms with van der Waals surface area (Å²) in [5.74, 6) is -2.40. The van der Waals surface area contributed by atoms with Gasteiger partial charge < -0.3 is 20.8 Å². The normalized spacial score (nSPS) is 12.5. The SMILES string of the molecule is CCC(CC)N(CC(=O)O)Cc1cccc(C(=O)Nc2sc3c(c2C(=O)Nc2ccc(CCc4ccc(C(=O)O)cc4)cc2)CCCC3)c1. The molecule has 5 rings (SSSR count). The van der Waals surface area contributed by atoms with Crippen LogP contribution < -0.4 is 10.6 Å². The lowest BCUT2D eigenvalue weighted by Crippen LogP contribution is -2.38. The number of aryl methyl sites for hydroxylation is 3. The Labute approximate surface area is 291 Å². The molecule has 0 spiro atoms. The molecule has 0 unspecified atom stereocenters. The van der Waals surface area contributed by atoms with Crippen molar-refractivity contribution >= 4 is 45.8 Å². The minimum Gasteiger partial charge on any atom is -0.480 e. The summed E-state index contributed by atoms with van der Waals surface area (Å²) in [4.78, 5) is 53.1. The van der Waals surface area contributed by atoms with E-state index in [1.807, 2.05) is 67.3 Å². The summed E-state index contributed by atoms with van der Waals surface area (Å²) in [6, 6.07) is 21.9. The van der Waals surface area contributed by atoms with Gasteiger partial charge in [0.05, 0.1) is 17.7 Å². The lowest BCUT2D eigenvalue weighted by atomic mass is 9.95. The van der Waals surface area contributed by atoms with Crippen LogP contribution in [0.15, 0.2) is 72.8 Å². The van der Waals surface area contributed by atoms with Gasteiger partial charge in [-0.05, 0) is 110 Å². The molecule has 1 aromatic heterocycles. The number of carboxylic acids is 2. The molecule has 0 bridgehead atoms. The Morgan fingerprint density at radius 1 is 0.776 bits per heavy atom. The molecule has 0 aliphatic heterocycles. The highest BCUT2D eigenvalue weighted by Crippen LogP contribution is 2.39. The number of rotatable bonds is 15. The standard InChI is InChI=1S/C39H43N3O6S/c1-3-31(4-2)42(24-34(43)44)23-27-8-7-9-29(22-27)36(45)41-38-35(32-10-5-6-11-33(32)49-38)37(46)40-30-20-16-26(17-21-30)13-12-25-14-18-28(19-15-25)39(47)48/h7-9,14-22,31H,3-6,10-13,23-24H2,1-2H3,(H,40,46)(H,41,45)(H,43,44)(H,47,48). The van der Waals surface area contributed by atoms with Crippen molar-refractivity contribution in [3.8, 4) is 0 Å². The van der Waals surface area contributed by atoms with E-state index in [0.717, 1.165) is 78.5 Å². The molecule has 1 heterocycles. The second-order valence-electron chi connectivity index (χ2n) is 12.5. The summed E-state index contributed by atoms with van der Waals surface area (Å²) in [7, 11) is 0. The molecule has 0 saturated carbocycles. The molecule has 9 nitrogen and oxygen atoms in total. The van der Waals surface area contributed by atoms with Gasteiger partial charge in [0.2, 0.25) is 0 Å². The first-order valence-electron chi connectivity index (χ1n) is 16.9. The van der Waals surface area contributed by atoms with Gasteiger partial charge in [0.1, 0.15) is 5.00 Å². The molecule has 2 amide bonds. The lowest BCUT2D eigenvalue weighted by molar-refractivity contribution is -0.139. The largest absolute Gasteiger partial charge is 0.480 e. The summed E-state index contributed by atoms with van der Waals surface area (Å²) in [5, 5.41) is 25.2. The first-order valence-corrected chi connectivity index (χ1v) is 17.7. The number of fused-ring (bicyclic) bond motifs is 1. The van der Waals surface area contributed by atoms with Gasteiger partial charge in [-0.2, -0.15) is 0 Å². The number of nitrogens with zero attached hydrogens (tertiary/aromatic N) is 1. The van der Waals surface area contributed by atoms with E-state index in [-0.39, 0.29) is 30.0 Å². The van der Waals surface area contributed by atoms with Crippen LogP contribution in [0, 0.1) is 0 Å². The van der Waals surface area contributed by atoms with Crippen LogP contribution in [-0.4, -0.2) is 51.5 Å². The number of aliphatic carboxylic acids is 1. The summed E-state index contributed by atoms with van der Waals surface area (Å²) in [5.41, 5.74) is 5.87. The number of hydrogen-bond acceptors (Lipinski definition) is 6. The van der Waals surface area contributed by atoms with Gasteiger partial charge in [0.25, 0.3) is 11.8 Å². The Hall–Kier alpha value is -4.80. The van der Waals surface area contributed by atoms with Gasteiger partial charge >= 0.3 is 11.9 Å². The second-order valence-corrected chi connectivity index (χ2v) is 13.6. The van der Waals surface area contributed by atoms with E-state index in [4.69, 9.17) is 5.11 Å². The highest BCUT2D eigenvalue weighted by molar-refractivity contribution is 7.17. The van der Waals surface area contributed by atoms with Crippen molar-refractivity contribution in [1.29, 1.82) is 0 Å². The van der Waals surface area contributed by atoms with Crippen LogP contribution in [0.2, 0.25) is 0 Å². The number of anilines is 2. The van der Waals surface area contributed by atoms with Crippen molar-refractivity contribution in [2.24, 2.45) is 0 Å². The molecule has 0 radical (unpaired) electrons. The molecule has 49 heavy (non-hydrogen) atoms. The average Bonchev–Trinajstić information content (AvgIpc) is 3.46.